The van der Waals surface area contributed by atoms with Crippen molar-refractivity contribution < 1.29 is 19.1 Å². The molecule has 1 saturated carbocycles. The van der Waals surface area contributed by atoms with Gasteiger partial charge in [0, 0.05) is 0 Å². The molecule has 0 atom stereocenters. The number of esters is 1. The molecule has 0 unspecified atom stereocenters. The lowest BCUT2D eigenvalue weighted by Gasteiger charge is -2.14. The van der Waals surface area contributed by atoms with Crippen molar-refractivity contribution >= 4 is 17.8 Å². The minimum absolute atomic E-state index is 0.106. The molecular formula is C20H19NO4. The fourth-order valence-electron chi connectivity index (χ4n) is 2.78. The lowest BCUT2D eigenvalue weighted by Crippen LogP contribution is -2.36. The Morgan fingerprint density at radius 1 is 0.880 bits per heavy atom. The Morgan fingerprint density at radius 2 is 1.48 bits per heavy atom. The second-order valence-corrected chi connectivity index (χ2v) is 6.16. The third-order valence-electron chi connectivity index (χ3n) is 4.29. The summed E-state index contributed by atoms with van der Waals surface area (Å²) in [6, 6.07) is 18.5. The quantitative estimate of drug-likeness (QED) is 0.820. The first kappa shape index (κ1) is 16.9. The zero-order chi connectivity index (χ0) is 17.7. The van der Waals surface area contributed by atoms with E-state index in [2.05, 4.69) is 5.32 Å². The fraction of sp³-hybridized carbons (Fsp3) is 0.250. The van der Waals surface area contributed by atoms with Crippen LogP contribution in [0.5, 0.6) is 0 Å². The summed E-state index contributed by atoms with van der Waals surface area (Å²) in [4.78, 5) is 36.0. The maximum atomic E-state index is 12.3. The summed E-state index contributed by atoms with van der Waals surface area (Å²) < 4.78 is 5.13. The molecule has 0 spiro atoms. The van der Waals surface area contributed by atoms with Gasteiger partial charge >= 0.3 is 5.97 Å². The first-order chi connectivity index (χ1) is 12.1. The molecule has 0 heterocycles. The number of hydrogen-bond donors (Lipinski definition) is 1. The second kappa shape index (κ2) is 7.30. The van der Waals surface area contributed by atoms with E-state index in [1.165, 1.54) is 0 Å². The molecule has 0 radical (unpaired) electrons. The highest BCUT2D eigenvalue weighted by atomic mass is 16.5. The van der Waals surface area contributed by atoms with Crippen LogP contribution in [0.2, 0.25) is 0 Å². The Balaban J connectivity index is 1.48. The maximum absolute atomic E-state index is 12.3. The van der Waals surface area contributed by atoms with Gasteiger partial charge in [-0.15, -0.1) is 0 Å². The molecule has 25 heavy (non-hydrogen) atoms. The van der Waals surface area contributed by atoms with Crippen molar-refractivity contribution in [1.29, 1.82) is 0 Å². The summed E-state index contributed by atoms with van der Waals surface area (Å²) in [6.07, 6.45) is 1.53. The highest BCUT2D eigenvalue weighted by Gasteiger charge is 2.52. The molecule has 1 fully saturated rings. The fourth-order valence-corrected chi connectivity index (χ4v) is 2.78. The zero-order valence-electron chi connectivity index (χ0n) is 13.7. The average Bonchev–Trinajstić information content (AvgIpc) is 3.43. The smallest absolute Gasteiger partial charge is 0.317 e. The highest BCUT2D eigenvalue weighted by molar-refractivity contribution is 5.97. The van der Waals surface area contributed by atoms with Crippen LogP contribution >= 0.6 is 0 Å². The van der Waals surface area contributed by atoms with Crippen molar-refractivity contribution in [3.05, 3.63) is 71.8 Å². The van der Waals surface area contributed by atoms with E-state index in [0.29, 0.717) is 12.8 Å². The number of carbonyl (C=O) groups excluding carboxylic acids is 3. The predicted octanol–water partition coefficient (Wildman–Crippen LogP) is 2.15. The molecule has 1 aliphatic carbocycles. The monoisotopic (exact) mass is 337 g/mol. The molecule has 3 rings (SSSR count). The van der Waals surface area contributed by atoms with E-state index in [9.17, 15) is 14.4 Å². The summed E-state index contributed by atoms with van der Waals surface area (Å²) in [5.41, 5.74) is 1.08. The summed E-state index contributed by atoms with van der Waals surface area (Å²) >= 11 is 0. The van der Waals surface area contributed by atoms with E-state index in [0.717, 1.165) is 11.1 Å². The lowest BCUT2D eigenvalue weighted by molar-refractivity contribution is -0.152. The van der Waals surface area contributed by atoms with Crippen molar-refractivity contribution in [2.24, 2.45) is 0 Å². The van der Waals surface area contributed by atoms with E-state index in [1.807, 2.05) is 48.5 Å². The molecule has 2 aromatic carbocycles. The van der Waals surface area contributed by atoms with Crippen LogP contribution in [0.1, 0.15) is 24.0 Å². The minimum Gasteiger partial charge on any atom is -0.455 e. The molecule has 0 aliphatic heterocycles. The van der Waals surface area contributed by atoms with Gasteiger partial charge in [0.2, 0.25) is 5.91 Å². The number of rotatable bonds is 6. The van der Waals surface area contributed by atoms with Crippen LogP contribution in [0.15, 0.2) is 60.7 Å². The van der Waals surface area contributed by atoms with Gasteiger partial charge in [0.05, 0.1) is 11.8 Å². The first-order valence-corrected chi connectivity index (χ1v) is 8.19. The van der Waals surface area contributed by atoms with Gasteiger partial charge in [-0.1, -0.05) is 60.7 Å². The van der Waals surface area contributed by atoms with Gasteiger partial charge < -0.3 is 4.74 Å². The normalized spacial score (nSPS) is 14.4. The summed E-state index contributed by atoms with van der Waals surface area (Å²) in [5, 5.41) is 2.24. The Labute approximate surface area is 146 Å². The topological polar surface area (TPSA) is 72.5 Å². The molecule has 128 valence electrons. The van der Waals surface area contributed by atoms with Crippen LogP contribution in [0.4, 0.5) is 0 Å². The molecular weight excluding hydrogens is 318 g/mol. The summed E-state index contributed by atoms with van der Waals surface area (Å²) in [7, 11) is 0. The first-order valence-electron chi connectivity index (χ1n) is 8.19. The second-order valence-electron chi connectivity index (χ2n) is 6.16. The van der Waals surface area contributed by atoms with E-state index in [4.69, 9.17) is 4.74 Å². The number of nitrogens with one attached hydrogen (secondary N) is 1. The van der Waals surface area contributed by atoms with E-state index < -0.39 is 29.8 Å². The molecule has 0 aromatic heterocycles. The van der Waals surface area contributed by atoms with Crippen LogP contribution in [0.3, 0.4) is 0 Å². The van der Waals surface area contributed by atoms with Gasteiger partial charge in [-0.2, -0.15) is 0 Å². The highest BCUT2D eigenvalue weighted by Crippen LogP contribution is 2.49. The Hall–Kier alpha value is -2.95. The number of imide groups is 1. The number of benzene rings is 2. The van der Waals surface area contributed by atoms with Gasteiger partial charge in [0.1, 0.15) is 0 Å². The molecule has 2 amide bonds. The van der Waals surface area contributed by atoms with E-state index in [1.54, 1.807) is 12.1 Å². The third-order valence-corrected chi connectivity index (χ3v) is 4.29. The predicted molar refractivity (Wildman–Crippen MR) is 91.6 cm³/mol. The average molecular weight is 337 g/mol. The molecule has 1 aliphatic rings. The summed E-state index contributed by atoms with van der Waals surface area (Å²) in [5.74, 6) is -1.45. The molecule has 5 nitrogen and oxygen atoms in total. The van der Waals surface area contributed by atoms with Crippen molar-refractivity contribution in [3.63, 3.8) is 0 Å². The zero-order valence-corrected chi connectivity index (χ0v) is 13.7. The maximum Gasteiger partial charge on any atom is 0.317 e. The Morgan fingerprint density at radius 3 is 2.08 bits per heavy atom. The van der Waals surface area contributed by atoms with Crippen LogP contribution in [0.25, 0.3) is 0 Å². The van der Waals surface area contributed by atoms with Crippen LogP contribution in [-0.2, 0) is 31.0 Å². The Bertz CT molecular complexity index is 767. The largest absolute Gasteiger partial charge is 0.455 e. The number of hydrogen-bond acceptors (Lipinski definition) is 4. The van der Waals surface area contributed by atoms with Gasteiger partial charge in [0.15, 0.2) is 6.61 Å². The number of amides is 2. The van der Waals surface area contributed by atoms with E-state index in [-0.39, 0.29) is 6.42 Å². The minimum atomic E-state index is -0.629. The van der Waals surface area contributed by atoms with Crippen LogP contribution < -0.4 is 5.32 Å². The molecule has 0 saturated heterocycles. The lowest BCUT2D eigenvalue weighted by atomic mass is 9.96. The number of ether oxygens (including phenoxy) is 1. The summed E-state index contributed by atoms with van der Waals surface area (Å²) in [6.45, 7) is -0.450. The SMILES string of the molecule is O=C(COC(=O)C1(c2ccccc2)CC1)NC(=O)Cc1ccccc1. The van der Waals surface area contributed by atoms with Gasteiger partial charge in [-0.05, 0) is 24.0 Å². The van der Waals surface area contributed by atoms with Gasteiger partial charge in [-0.25, -0.2) is 0 Å². The van der Waals surface area contributed by atoms with Crippen molar-refractivity contribution in [2.75, 3.05) is 6.61 Å². The van der Waals surface area contributed by atoms with Crippen molar-refractivity contribution in [1.82, 2.24) is 5.32 Å². The van der Waals surface area contributed by atoms with Crippen molar-refractivity contribution in [2.45, 2.75) is 24.7 Å². The van der Waals surface area contributed by atoms with Crippen LogP contribution in [-0.4, -0.2) is 24.4 Å². The molecule has 1 N–H and O–H groups in total. The molecule has 2 aromatic rings. The van der Waals surface area contributed by atoms with Gasteiger partial charge in [0.25, 0.3) is 5.91 Å². The third kappa shape index (κ3) is 4.12. The van der Waals surface area contributed by atoms with Crippen molar-refractivity contribution in [3.8, 4) is 0 Å². The van der Waals surface area contributed by atoms with Crippen LogP contribution in [0, 0.1) is 0 Å². The molecule has 5 heteroatoms. The van der Waals surface area contributed by atoms with Gasteiger partial charge in [-0.3, -0.25) is 19.7 Å². The van der Waals surface area contributed by atoms with E-state index >= 15 is 0 Å². The number of carbonyl (C=O) groups is 3. The standard InChI is InChI=1S/C20H19NO4/c22-17(13-15-7-3-1-4-8-15)21-18(23)14-25-19(24)20(11-12-20)16-9-5-2-6-10-16/h1-10H,11-14H2,(H,21,22,23). The Kier molecular flexibility index (Phi) is 4.93. The molecule has 0 bridgehead atoms.